The first-order chi connectivity index (χ1) is 8.93. The Balaban J connectivity index is 2.58. The van der Waals surface area contributed by atoms with Crippen LogP contribution >= 0.6 is 0 Å². The van der Waals surface area contributed by atoms with E-state index in [2.05, 4.69) is 16.7 Å². The molecule has 2 N–H and O–H groups in total. The third-order valence-electron chi connectivity index (χ3n) is 3.00. The van der Waals surface area contributed by atoms with Crippen LogP contribution in [0.25, 0.3) is 0 Å². The SMILES string of the molecule is COc1cc(C)c(CNC(=O)CNC(C)C)cc1C. The standard InChI is InChI=1S/C15H24N2O2/c1-10(2)16-9-15(18)17-8-13-6-12(4)14(19-5)7-11(13)3/h6-7,10,16H,8-9H2,1-5H3,(H,17,18). The average molecular weight is 264 g/mol. The zero-order valence-corrected chi connectivity index (χ0v) is 12.5. The molecule has 1 aromatic carbocycles. The van der Waals surface area contributed by atoms with Gasteiger partial charge in [-0.05, 0) is 36.6 Å². The maximum atomic E-state index is 11.6. The first-order valence-electron chi connectivity index (χ1n) is 6.58. The van der Waals surface area contributed by atoms with E-state index < -0.39 is 0 Å². The summed E-state index contributed by atoms with van der Waals surface area (Å²) in [4.78, 5) is 11.6. The second-order valence-corrected chi connectivity index (χ2v) is 5.06. The van der Waals surface area contributed by atoms with Crippen molar-refractivity contribution in [2.75, 3.05) is 13.7 Å². The lowest BCUT2D eigenvalue weighted by molar-refractivity contribution is -0.120. The summed E-state index contributed by atoms with van der Waals surface area (Å²) in [6.07, 6.45) is 0. The monoisotopic (exact) mass is 264 g/mol. The van der Waals surface area contributed by atoms with Crippen LogP contribution in [0.15, 0.2) is 12.1 Å². The molecule has 0 fully saturated rings. The van der Waals surface area contributed by atoms with Crippen molar-refractivity contribution in [2.45, 2.75) is 40.3 Å². The van der Waals surface area contributed by atoms with Crippen molar-refractivity contribution in [3.63, 3.8) is 0 Å². The van der Waals surface area contributed by atoms with Crippen molar-refractivity contribution in [3.8, 4) is 5.75 Å². The third-order valence-corrected chi connectivity index (χ3v) is 3.00. The summed E-state index contributed by atoms with van der Waals surface area (Å²) < 4.78 is 5.27. The molecule has 1 rings (SSSR count). The van der Waals surface area contributed by atoms with Crippen molar-refractivity contribution >= 4 is 5.91 Å². The average Bonchev–Trinajstić information content (AvgIpc) is 2.36. The van der Waals surface area contributed by atoms with Crippen molar-refractivity contribution in [3.05, 3.63) is 28.8 Å². The van der Waals surface area contributed by atoms with E-state index in [9.17, 15) is 4.79 Å². The van der Waals surface area contributed by atoms with Gasteiger partial charge in [-0.25, -0.2) is 0 Å². The Labute approximate surface area is 115 Å². The van der Waals surface area contributed by atoms with Crippen LogP contribution in [0.2, 0.25) is 0 Å². The number of ether oxygens (including phenoxy) is 1. The third kappa shape index (κ3) is 4.91. The maximum Gasteiger partial charge on any atom is 0.234 e. The van der Waals surface area contributed by atoms with E-state index in [1.54, 1.807) is 7.11 Å². The molecule has 4 heteroatoms. The fraction of sp³-hybridized carbons (Fsp3) is 0.533. The van der Waals surface area contributed by atoms with E-state index >= 15 is 0 Å². The molecule has 0 heterocycles. The van der Waals surface area contributed by atoms with E-state index in [0.29, 0.717) is 19.1 Å². The van der Waals surface area contributed by atoms with Gasteiger partial charge in [0, 0.05) is 12.6 Å². The Morgan fingerprint density at radius 1 is 1.26 bits per heavy atom. The highest BCUT2D eigenvalue weighted by molar-refractivity contribution is 5.78. The lowest BCUT2D eigenvalue weighted by Crippen LogP contribution is -2.36. The number of rotatable bonds is 6. The number of amides is 1. The number of hydrogen-bond acceptors (Lipinski definition) is 3. The highest BCUT2D eigenvalue weighted by atomic mass is 16.5. The summed E-state index contributed by atoms with van der Waals surface area (Å²) in [5.41, 5.74) is 3.33. The van der Waals surface area contributed by atoms with E-state index in [0.717, 1.165) is 22.4 Å². The van der Waals surface area contributed by atoms with Crippen molar-refractivity contribution in [2.24, 2.45) is 0 Å². The Morgan fingerprint density at radius 2 is 1.95 bits per heavy atom. The van der Waals surface area contributed by atoms with Gasteiger partial charge >= 0.3 is 0 Å². The lowest BCUT2D eigenvalue weighted by atomic mass is 10.0. The van der Waals surface area contributed by atoms with Crippen molar-refractivity contribution in [1.29, 1.82) is 0 Å². The van der Waals surface area contributed by atoms with Crippen LogP contribution in [0.1, 0.15) is 30.5 Å². The van der Waals surface area contributed by atoms with Gasteiger partial charge in [-0.15, -0.1) is 0 Å². The Morgan fingerprint density at radius 3 is 2.53 bits per heavy atom. The van der Waals surface area contributed by atoms with Gasteiger partial charge < -0.3 is 15.4 Å². The van der Waals surface area contributed by atoms with Crippen LogP contribution in [0, 0.1) is 13.8 Å². The summed E-state index contributed by atoms with van der Waals surface area (Å²) in [6, 6.07) is 4.38. The fourth-order valence-corrected chi connectivity index (χ4v) is 1.81. The molecule has 0 saturated heterocycles. The molecular formula is C15H24N2O2. The van der Waals surface area contributed by atoms with E-state index in [-0.39, 0.29) is 5.91 Å². The molecule has 1 amide bonds. The second-order valence-electron chi connectivity index (χ2n) is 5.06. The Bertz CT molecular complexity index is 442. The summed E-state index contributed by atoms with van der Waals surface area (Å²) in [6.45, 7) is 8.97. The summed E-state index contributed by atoms with van der Waals surface area (Å²) >= 11 is 0. The molecule has 0 aliphatic heterocycles. The van der Waals surface area contributed by atoms with Gasteiger partial charge in [0.2, 0.25) is 5.91 Å². The highest BCUT2D eigenvalue weighted by Crippen LogP contribution is 2.22. The molecule has 0 aromatic heterocycles. The predicted molar refractivity (Wildman–Crippen MR) is 77.5 cm³/mol. The van der Waals surface area contributed by atoms with E-state index in [1.165, 1.54) is 0 Å². The molecule has 1 aromatic rings. The topological polar surface area (TPSA) is 50.4 Å². The molecular weight excluding hydrogens is 240 g/mol. The number of methoxy groups -OCH3 is 1. The van der Waals surface area contributed by atoms with Crippen molar-refractivity contribution < 1.29 is 9.53 Å². The zero-order chi connectivity index (χ0) is 14.4. The largest absolute Gasteiger partial charge is 0.496 e. The van der Waals surface area contributed by atoms with Gasteiger partial charge in [0.25, 0.3) is 0 Å². The maximum absolute atomic E-state index is 11.6. The van der Waals surface area contributed by atoms with Gasteiger partial charge in [-0.3, -0.25) is 4.79 Å². The summed E-state index contributed by atoms with van der Waals surface area (Å²) in [5, 5.41) is 6.01. The van der Waals surface area contributed by atoms with Crippen molar-refractivity contribution in [1.82, 2.24) is 10.6 Å². The summed E-state index contributed by atoms with van der Waals surface area (Å²) in [7, 11) is 1.67. The minimum Gasteiger partial charge on any atom is -0.496 e. The second kappa shape index (κ2) is 7.14. The Kier molecular flexibility index (Phi) is 5.83. The van der Waals surface area contributed by atoms with Crippen LogP contribution in [-0.2, 0) is 11.3 Å². The van der Waals surface area contributed by atoms with Crippen LogP contribution in [0.4, 0.5) is 0 Å². The van der Waals surface area contributed by atoms with Gasteiger partial charge in [0.1, 0.15) is 5.75 Å². The molecule has 4 nitrogen and oxygen atoms in total. The van der Waals surface area contributed by atoms with Gasteiger partial charge in [-0.1, -0.05) is 19.9 Å². The predicted octanol–water partition coefficient (Wildman–Crippen LogP) is 1.93. The molecule has 19 heavy (non-hydrogen) atoms. The molecule has 106 valence electrons. The number of carbonyl (C=O) groups excluding carboxylic acids is 1. The van der Waals surface area contributed by atoms with Crippen LogP contribution in [0.3, 0.4) is 0 Å². The molecule has 0 radical (unpaired) electrons. The van der Waals surface area contributed by atoms with Crippen LogP contribution in [-0.4, -0.2) is 25.6 Å². The smallest absolute Gasteiger partial charge is 0.234 e. The normalized spacial score (nSPS) is 10.6. The molecule has 0 saturated carbocycles. The molecule has 0 spiro atoms. The number of hydrogen-bond donors (Lipinski definition) is 2. The molecule has 0 bridgehead atoms. The lowest BCUT2D eigenvalue weighted by Gasteiger charge is -2.13. The van der Waals surface area contributed by atoms with Crippen LogP contribution < -0.4 is 15.4 Å². The van der Waals surface area contributed by atoms with E-state index in [4.69, 9.17) is 4.74 Å². The van der Waals surface area contributed by atoms with E-state index in [1.807, 2.05) is 33.8 Å². The number of aryl methyl sites for hydroxylation is 2. The number of nitrogens with one attached hydrogen (secondary N) is 2. The Hall–Kier alpha value is -1.55. The number of benzene rings is 1. The minimum atomic E-state index is 0.0153. The molecule has 0 unspecified atom stereocenters. The molecule has 0 aliphatic rings. The van der Waals surface area contributed by atoms with Gasteiger partial charge in [0.05, 0.1) is 13.7 Å². The molecule has 0 aliphatic carbocycles. The molecule has 0 atom stereocenters. The first kappa shape index (κ1) is 15.5. The fourth-order valence-electron chi connectivity index (χ4n) is 1.81. The quantitative estimate of drug-likeness (QED) is 0.825. The number of carbonyl (C=O) groups is 1. The zero-order valence-electron chi connectivity index (χ0n) is 12.5. The van der Waals surface area contributed by atoms with Gasteiger partial charge in [0.15, 0.2) is 0 Å². The minimum absolute atomic E-state index is 0.0153. The first-order valence-corrected chi connectivity index (χ1v) is 6.58. The van der Waals surface area contributed by atoms with Gasteiger partial charge in [-0.2, -0.15) is 0 Å². The highest BCUT2D eigenvalue weighted by Gasteiger charge is 2.07. The summed E-state index contributed by atoms with van der Waals surface area (Å²) in [5.74, 6) is 0.899. The van der Waals surface area contributed by atoms with Crippen LogP contribution in [0.5, 0.6) is 5.75 Å².